The molecule has 2 atom stereocenters. The SMILES string of the molecule is CC(C)[C@H](NC(=O)c1ccc(Cl)cc1)C(=O)NC1CCOc2ccccc21. The molecule has 0 saturated heterocycles. The maximum absolute atomic E-state index is 12.9. The average molecular weight is 387 g/mol. The Labute approximate surface area is 164 Å². The minimum Gasteiger partial charge on any atom is -0.493 e. The molecule has 3 rings (SSSR count). The number of hydrogen-bond donors (Lipinski definition) is 2. The van der Waals surface area contributed by atoms with E-state index in [2.05, 4.69) is 10.6 Å². The summed E-state index contributed by atoms with van der Waals surface area (Å²) in [5, 5.41) is 6.47. The van der Waals surface area contributed by atoms with Crippen molar-refractivity contribution >= 4 is 23.4 Å². The fourth-order valence-electron chi connectivity index (χ4n) is 3.11. The zero-order valence-corrected chi connectivity index (χ0v) is 16.1. The van der Waals surface area contributed by atoms with E-state index in [4.69, 9.17) is 16.3 Å². The topological polar surface area (TPSA) is 67.4 Å². The molecule has 5 nitrogen and oxygen atoms in total. The van der Waals surface area contributed by atoms with Gasteiger partial charge in [0.05, 0.1) is 12.6 Å². The molecular formula is C21H23ClN2O3. The molecule has 2 N–H and O–H groups in total. The Morgan fingerprint density at radius 1 is 1.11 bits per heavy atom. The van der Waals surface area contributed by atoms with Crippen molar-refractivity contribution in [3.05, 3.63) is 64.7 Å². The Morgan fingerprint density at radius 3 is 2.52 bits per heavy atom. The van der Waals surface area contributed by atoms with Crippen molar-refractivity contribution in [3.8, 4) is 5.75 Å². The highest BCUT2D eigenvalue weighted by Gasteiger charge is 2.29. The monoisotopic (exact) mass is 386 g/mol. The number of benzene rings is 2. The van der Waals surface area contributed by atoms with Gasteiger partial charge in [-0.05, 0) is 36.2 Å². The van der Waals surface area contributed by atoms with E-state index in [9.17, 15) is 9.59 Å². The third-order valence-corrected chi connectivity index (χ3v) is 4.87. The van der Waals surface area contributed by atoms with Crippen LogP contribution in [0.5, 0.6) is 5.75 Å². The van der Waals surface area contributed by atoms with Crippen LogP contribution in [0.1, 0.15) is 42.2 Å². The lowest BCUT2D eigenvalue weighted by molar-refractivity contribution is -0.124. The predicted molar refractivity (Wildman–Crippen MR) is 105 cm³/mol. The van der Waals surface area contributed by atoms with Crippen molar-refractivity contribution in [2.75, 3.05) is 6.61 Å². The van der Waals surface area contributed by atoms with Gasteiger partial charge in [-0.15, -0.1) is 0 Å². The number of rotatable bonds is 5. The van der Waals surface area contributed by atoms with Crippen molar-refractivity contribution in [1.82, 2.24) is 10.6 Å². The predicted octanol–water partition coefficient (Wildman–Crippen LogP) is 3.73. The summed E-state index contributed by atoms with van der Waals surface area (Å²) in [6.45, 7) is 4.36. The molecule has 0 bridgehead atoms. The third kappa shape index (κ3) is 4.61. The van der Waals surface area contributed by atoms with E-state index in [1.54, 1.807) is 24.3 Å². The average Bonchev–Trinajstić information content (AvgIpc) is 2.66. The summed E-state index contributed by atoms with van der Waals surface area (Å²) in [5.74, 6) is 0.235. The molecule has 2 aromatic carbocycles. The van der Waals surface area contributed by atoms with E-state index in [1.807, 2.05) is 38.1 Å². The standard InChI is InChI=1S/C21H23ClN2O3/c1-13(2)19(24-20(25)14-7-9-15(22)10-8-14)21(26)23-17-11-12-27-18-6-4-3-5-16(17)18/h3-10,13,17,19H,11-12H2,1-2H3,(H,23,26)(H,24,25)/t17?,19-/m0/s1. The summed E-state index contributed by atoms with van der Waals surface area (Å²) < 4.78 is 5.64. The molecular weight excluding hydrogens is 364 g/mol. The van der Waals surface area contributed by atoms with Gasteiger partial charge in [-0.25, -0.2) is 0 Å². The van der Waals surface area contributed by atoms with Crippen LogP contribution in [0.15, 0.2) is 48.5 Å². The van der Waals surface area contributed by atoms with Gasteiger partial charge in [-0.2, -0.15) is 0 Å². The Morgan fingerprint density at radius 2 is 1.81 bits per heavy atom. The molecule has 1 aliphatic rings. The number of fused-ring (bicyclic) bond motifs is 1. The molecule has 1 unspecified atom stereocenters. The van der Waals surface area contributed by atoms with Crippen LogP contribution in [0.25, 0.3) is 0 Å². The first-order valence-electron chi connectivity index (χ1n) is 9.04. The zero-order valence-electron chi connectivity index (χ0n) is 15.4. The molecule has 6 heteroatoms. The fourth-order valence-corrected chi connectivity index (χ4v) is 3.24. The second-order valence-electron chi connectivity index (χ2n) is 6.94. The van der Waals surface area contributed by atoms with E-state index in [1.165, 1.54) is 0 Å². The van der Waals surface area contributed by atoms with E-state index < -0.39 is 6.04 Å². The van der Waals surface area contributed by atoms with E-state index in [-0.39, 0.29) is 23.8 Å². The first-order chi connectivity index (χ1) is 13.0. The molecule has 0 aliphatic carbocycles. The quantitative estimate of drug-likeness (QED) is 0.822. The highest BCUT2D eigenvalue weighted by molar-refractivity contribution is 6.30. The number of para-hydroxylation sites is 1. The zero-order chi connectivity index (χ0) is 19.4. The maximum atomic E-state index is 12.9. The minimum absolute atomic E-state index is 0.0589. The largest absolute Gasteiger partial charge is 0.493 e. The third-order valence-electron chi connectivity index (χ3n) is 4.62. The highest BCUT2D eigenvalue weighted by atomic mass is 35.5. The van der Waals surface area contributed by atoms with Gasteiger partial charge < -0.3 is 15.4 Å². The molecule has 2 amide bonds. The van der Waals surface area contributed by atoms with Gasteiger partial charge in [0.1, 0.15) is 11.8 Å². The van der Waals surface area contributed by atoms with Gasteiger partial charge in [-0.3, -0.25) is 9.59 Å². The number of halogens is 1. The number of carbonyl (C=O) groups is 2. The normalized spacial score (nSPS) is 16.8. The lowest BCUT2D eigenvalue weighted by atomic mass is 9.98. The molecule has 1 aliphatic heterocycles. The summed E-state index contributed by atoms with van der Waals surface area (Å²) in [6.07, 6.45) is 0.693. The molecule has 0 radical (unpaired) electrons. The maximum Gasteiger partial charge on any atom is 0.251 e. The van der Waals surface area contributed by atoms with Crippen molar-refractivity contribution in [3.63, 3.8) is 0 Å². The molecule has 0 spiro atoms. The molecule has 142 valence electrons. The molecule has 0 aromatic heterocycles. The van der Waals surface area contributed by atoms with Crippen LogP contribution in [0.2, 0.25) is 5.02 Å². The van der Waals surface area contributed by atoms with E-state index >= 15 is 0 Å². The number of amides is 2. The van der Waals surface area contributed by atoms with Gasteiger partial charge in [0, 0.05) is 22.6 Å². The minimum atomic E-state index is -0.636. The second kappa shape index (κ2) is 8.44. The molecule has 1 heterocycles. The van der Waals surface area contributed by atoms with Crippen LogP contribution in [0, 0.1) is 5.92 Å². The first kappa shape index (κ1) is 19.2. The number of ether oxygens (including phenoxy) is 1. The summed E-state index contributed by atoms with van der Waals surface area (Å²) in [7, 11) is 0. The van der Waals surface area contributed by atoms with E-state index in [0.29, 0.717) is 23.6 Å². The van der Waals surface area contributed by atoms with Gasteiger partial charge in [0.2, 0.25) is 5.91 Å². The van der Waals surface area contributed by atoms with Crippen molar-refractivity contribution in [2.45, 2.75) is 32.4 Å². The van der Waals surface area contributed by atoms with Crippen molar-refractivity contribution in [2.24, 2.45) is 5.92 Å². The molecule has 27 heavy (non-hydrogen) atoms. The second-order valence-corrected chi connectivity index (χ2v) is 7.37. The van der Waals surface area contributed by atoms with Crippen molar-refractivity contribution < 1.29 is 14.3 Å². The first-order valence-corrected chi connectivity index (χ1v) is 9.42. The van der Waals surface area contributed by atoms with Gasteiger partial charge >= 0.3 is 0 Å². The number of hydrogen-bond acceptors (Lipinski definition) is 3. The van der Waals surface area contributed by atoms with Gasteiger partial charge in [-0.1, -0.05) is 43.6 Å². The smallest absolute Gasteiger partial charge is 0.251 e. The molecule has 0 fully saturated rings. The van der Waals surface area contributed by atoms with Gasteiger partial charge in [0.25, 0.3) is 5.91 Å². The summed E-state index contributed by atoms with van der Waals surface area (Å²) >= 11 is 5.87. The lowest BCUT2D eigenvalue weighted by Crippen LogP contribution is -2.50. The number of carbonyl (C=O) groups excluding carboxylic acids is 2. The van der Waals surface area contributed by atoms with Crippen LogP contribution in [-0.2, 0) is 4.79 Å². The lowest BCUT2D eigenvalue weighted by Gasteiger charge is -2.29. The molecule has 2 aromatic rings. The Balaban J connectivity index is 1.71. The summed E-state index contributed by atoms with van der Waals surface area (Å²) in [5.41, 5.74) is 1.43. The highest BCUT2D eigenvalue weighted by Crippen LogP contribution is 2.31. The number of nitrogens with one attached hydrogen (secondary N) is 2. The summed E-state index contributed by atoms with van der Waals surface area (Å²) in [6, 6.07) is 13.5. The Bertz CT molecular complexity index is 820. The van der Waals surface area contributed by atoms with Crippen LogP contribution in [0.3, 0.4) is 0 Å². The Kier molecular flexibility index (Phi) is 6.01. The van der Waals surface area contributed by atoms with E-state index in [0.717, 1.165) is 11.3 Å². The molecule has 0 saturated carbocycles. The van der Waals surface area contributed by atoms with Gasteiger partial charge in [0.15, 0.2) is 0 Å². The fraction of sp³-hybridized carbons (Fsp3) is 0.333. The summed E-state index contributed by atoms with van der Waals surface area (Å²) in [4.78, 5) is 25.4. The van der Waals surface area contributed by atoms with Crippen LogP contribution < -0.4 is 15.4 Å². The van der Waals surface area contributed by atoms with Crippen LogP contribution >= 0.6 is 11.6 Å². The van der Waals surface area contributed by atoms with Crippen LogP contribution in [-0.4, -0.2) is 24.5 Å². The van der Waals surface area contributed by atoms with Crippen LogP contribution in [0.4, 0.5) is 0 Å². The Hall–Kier alpha value is -2.53. The van der Waals surface area contributed by atoms with Crippen molar-refractivity contribution in [1.29, 1.82) is 0 Å².